The molecule has 1 aromatic carbocycles. The van der Waals surface area contributed by atoms with Gasteiger partial charge in [-0.25, -0.2) is 4.98 Å². The molecule has 5 rings (SSSR count). The first-order chi connectivity index (χ1) is 17.0. The van der Waals surface area contributed by atoms with E-state index in [-0.39, 0.29) is 24.0 Å². The van der Waals surface area contributed by atoms with Crippen LogP contribution in [0.2, 0.25) is 0 Å². The Morgan fingerprint density at radius 3 is 2.63 bits per heavy atom. The molecule has 2 aliphatic heterocycles. The Morgan fingerprint density at radius 1 is 1.11 bits per heavy atom. The first-order valence-corrected chi connectivity index (χ1v) is 13.1. The lowest BCUT2D eigenvalue weighted by atomic mass is 9.79. The highest BCUT2D eigenvalue weighted by molar-refractivity contribution is 6.00. The largest absolute Gasteiger partial charge is 0.378 e. The minimum absolute atomic E-state index is 0.0376. The Balaban J connectivity index is 1.40. The minimum atomic E-state index is 0.0376. The van der Waals surface area contributed by atoms with Crippen LogP contribution in [0.3, 0.4) is 0 Å². The van der Waals surface area contributed by atoms with E-state index in [1.165, 1.54) is 0 Å². The molecule has 7 heteroatoms. The normalized spacial score (nSPS) is 23.2. The number of nitrogens with zero attached hydrogens (tertiary/aromatic N) is 3. The number of hydrogen-bond acceptors (Lipinski definition) is 6. The summed E-state index contributed by atoms with van der Waals surface area (Å²) >= 11 is 0. The molecule has 2 fully saturated rings. The second-order valence-corrected chi connectivity index (χ2v) is 10.4. The molecule has 3 aliphatic rings. The predicted octanol–water partition coefficient (Wildman–Crippen LogP) is 5.13. The number of fused-ring (bicyclic) bond motifs is 2. The fourth-order valence-corrected chi connectivity index (χ4v) is 5.72. The third kappa shape index (κ3) is 5.31. The summed E-state index contributed by atoms with van der Waals surface area (Å²) < 4.78 is 11.6. The van der Waals surface area contributed by atoms with Crippen LogP contribution in [0.15, 0.2) is 36.5 Å². The Labute approximate surface area is 208 Å². The summed E-state index contributed by atoms with van der Waals surface area (Å²) in [5.41, 5.74) is 4.04. The van der Waals surface area contributed by atoms with Crippen molar-refractivity contribution in [2.75, 3.05) is 41.4 Å². The molecule has 0 unspecified atom stereocenters. The zero-order chi connectivity index (χ0) is 24.4. The van der Waals surface area contributed by atoms with E-state index in [4.69, 9.17) is 9.47 Å². The molecule has 3 heterocycles. The highest BCUT2D eigenvalue weighted by atomic mass is 16.5. The number of carbonyl (C=O) groups excluding carboxylic acids is 1. The maximum atomic E-state index is 14.0. The molecule has 0 spiro atoms. The van der Waals surface area contributed by atoms with Gasteiger partial charge in [0, 0.05) is 36.5 Å². The van der Waals surface area contributed by atoms with Crippen molar-refractivity contribution in [3.05, 3.63) is 42.1 Å². The van der Waals surface area contributed by atoms with E-state index < -0.39 is 0 Å². The van der Waals surface area contributed by atoms with Crippen LogP contribution in [0.25, 0.3) is 0 Å². The molecule has 188 valence electrons. The topological polar surface area (TPSA) is 66.9 Å². The fraction of sp³-hybridized carbons (Fsp3) is 0.571. The molecule has 7 nitrogen and oxygen atoms in total. The monoisotopic (exact) mass is 478 g/mol. The van der Waals surface area contributed by atoms with Crippen LogP contribution in [0.1, 0.15) is 52.0 Å². The summed E-state index contributed by atoms with van der Waals surface area (Å²) in [6.07, 6.45) is 6.18. The lowest BCUT2D eigenvalue weighted by Gasteiger charge is -2.35. The van der Waals surface area contributed by atoms with Crippen molar-refractivity contribution in [1.82, 2.24) is 4.98 Å². The van der Waals surface area contributed by atoms with Gasteiger partial charge < -0.3 is 24.6 Å². The van der Waals surface area contributed by atoms with Gasteiger partial charge in [0.15, 0.2) is 0 Å². The number of ether oxygens (including phenoxy) is 2. The van der Waals surface area contributed by atoms with E-state index in [1.54, 1.807) is 6.20 Å². The molecule has 1 amide bonds. The smallest absolute Gasteiger partial charge is 0.230 e. The van der Waals surface area contributed by atoms with Gasteiger partial charge in [-0.15, -0.1) is 0 Å². The lowest BCUT2D eigenvalue weighted by molar-refractivity contribution is -0.124. The van der Waals surface area contributed by atoms with Gasteiger partial charge >= 0.3 is 0 Å². The van der Waals surface area contributed by atoms with Crippen LogP contribution in [0.5, 0.6) is 0 Å². The van der Waals surface area contributed by atoms with Gasteiger partial charge in [0.2, 0.25) is 5.91 Å². The van der Waals surface area contributed by atoms with E-state index in [2.05, 4.69) is 60.2 Å². The maximum Gasteiger partial charge on any atom is 0.230 e. The second kappa shape index (κ2) is 10.5. The van der Waals surface area contributed by atoms with Gasteiger partial charge in [0.1, 0.15) is 5.82 Å². The number of aromatic nitrogens is 1. The number of benzene rings is 1. The minimum Gasteiger partial charge on any atom is -0.378 e. The summed E-state index contributed by atoms with van der Waals surface area (Å²) in [6, 6.07) is 10.4. The number of morpholine rings is 1. The first-order valence-electron chi connectivity index (χ1n) is 13.1. The number of anilines is 4. The molecule has 1 atom stereocenters. The molecular weight excluding hydrogens is 440 g/mol. The molecule has 1 saturated heterocycles. The van der Waals surface area contributed by atoms with Gasteiger partial charge in [0.05, 0.1) is 43.3 Å². The first kappa shape index (κ1) is 24.1. The predicted molar refractivity (Wildman–Crippen MR) is 139 cm³/mol. The Hall–Kier alpha value is -2.64. The molecule has 2 aromatic rings. The molecule has 1 aliphatic carbocycles. The number of hydrogen-bond donors (Lipinski definition) is 1. The van der Waals surface area contributed by atoms with Gasteiger partial charge in [0.25, 0.3) is 0 Å². The van der Waals surface area contributed by atoms with Crippen molar-refractivity contribution >= 4 is 28.8 Å². The third-order valence-electron chi connectivity index (χ3n) is 7.66. The van der Waals surface area contributed by atoms with E-state index in [0.717, 1.165) is 80.4 Å². The van der Waals surface area contributed by atoms with E-state index in [1.807, 2.05) is 11.0 Å². The van der Waals surface area contributed by atoms with Crippen molar-refractivity contribution in [3.63, 3.8) is 0 Å². The van der Waals surface area contributed by atoms with Gasteiger partial charge in [-0.1, -0.05) is 6.07 Å². The van der Waals surface area contributed by atoms with E-state index in [9.17, 15) is 4.79 Å². The zero-order valence-electron chi connectivity index (χ0n) is 21.2. The zero-order valence-corrected chi connectivity index (χ0v) is 21.2. The van der Waals surface area contributed by atoms with Crippen molar-refractivity contribution in [1.29, 1.82) is 0 Å². The molecule has 0 radical (unpaired) electrons. The molecule has 1 aromatic heterocycles. The Morgan fingerprint density at radius 2 is 1.89 bits per heavy atom. The molecule has 1 saturated carbocycles. The summed E-state index contributed by atoms with van der Waals surface area (Å²) in [5.74, 6) is 1.61. The van der Waals surface area contributed by atoms with Gasteiger partial charge in [-0.3, -0.25) is 4.79 Å². The quantitative estimate of drug-likeness (QED) is 0.643. The van der Waals surface area contributed by atoms with Crippen LogP contribution in [-0.4, -0.2) is 49.4 Å². The molecule has 0 bridgehead atoms. The molecular formula is C28H38N4O3. The van der Waals surface area contributed by atoms with E-state index >= 15 is 0 Å². The summed E-state index contributed by atoms with van der Waals surface area (Å²) in [6.45, 7) is 10.1. The van der Waals surface area contributed by atoms with E-state index in [0.29, 0.717) is 12.5 Å². The van der Waals surface area contributed by atoms with Crippen molar-refractivity contribution < 1.29 is 14.3 Å². The van der Waals surface area contributed by atoms with Crippen LogP contribution in [0, 0.1) is 11.8 Å². The Kier molecular flexibility index (Phi) is 7.25. The number of pyridine rings is 1. The summed E-state index contributed by atoms with van der Waals surface area (Å²) in [7, 11) is 0. The van der Waals surface area contributed by atoms with Crippen LogP contribution >= 0.6 is 0 Å². The van der Waals surface area contributed by atoms with Gasteiger partial charge in [-0.2, -0.15) is 0 Å². The summed E-state index contributed by atoms with van der Waals surface area (Å²) in [5, 5.41) is 3.50. The SMILES string of the molecule is CC(C)O[C@@H](C)[C@H]1CC[C@H](C(=O)N2Cc3cccnc3Nc3ccc(N4CCOCC4)cc32)CC1. The second-order valence-electron chi connectivity index (χ2n) is 10.4. The van der Waals surface area contributed by atoms with Crippen LogP contribution in [-0.2, 0) is 20.8 Å². The summed E-state index contributed by atoms with van der Waals surface area (Å²) in [4.78, 5) is 22.9. The average molecular weight is 479 g/mol. The van der Waals surface area contributed by atoms with Crippen LogP contribution in [0.4, 0.5) is 22.9 Å². The van der Waals surface area contributed by atoms with Crippen molar-refractivity contribution in [2.45, 2.75) is 65.2 Å². The molecule has 35 heavy (non-hydrogen) atoms. The fourth-order valence-electron chi connectivity index (χ4n) is 5.72. The number of amides is 1. The van der Waals surface area contributed by atoms with Crippen molar-refractivity contribution in [3.8, 4) is 0 Å². The average Bonchev–Trinajstić information content (AvgIpc) is 3.05. The standard InChI is InChI=1S/C28H38N4O3/c1-19(2)35-20(3)21-6-8-22(9-7-21)28(33)32-18-23-5-4-12-29-27(23)30-25-11-10-24(17-26(25)32)31-13-15-34-16-14-31/h4-5,10-12,17,19-22H,6-9,13-16,18H2,1-3H3,(H,29,30)/t20-,21-,22-/m0/s1. The van der Waals surface area contributed by atoms with Gasteiger partial charge in [-0.05, 0) is 76.6 Å². The third-order valence-corrected chi connectivity index (χ3v) is 7.66. The molecule has 1 N–H and O–H groups in total. The maximum absolute atomic E-state index is 14.0. The van der Waals surface area contributed by atoms with Crippen LogP contribution < -0.4 is 15.1 Å². The number of nitrogens with one attached hydrogen (secondary N) is 1. The lowest BCUT2D eigenvalue weighted by Crippen LogP contribution is -2.39. The highest BCUT2D eigenvalue weighted by Gasteiger charge is 2.34. The number of rotatable bonds is 5. The Bertz CT molecular complexity index is 1030. The number of carbonyl (C=O) groups is 1. The highest BCUT2D eigenvalue weighted by Crippen LogP contribution is 2.40. The van der Waals surface area contributed by atoms with Crippen molar-refractivity contribution in [2.24, 2.45) is 11.8 Å².